The number of hydrogen-bond donors (Lipinski definition) is 0. The van der Waals surface area contributed by atoms with Gasteiger partial charge in [-0.3, -0.25) is 14.4 Å². The summed E-state index contributed by atoms with van der Waals surface area (Å²) >= 11 is 0. The van der Waals surface area contributed by atoms with Crippen molar-refractivity contribution in [2.45, 2.75) is 290 Å². The third kappa shape index (κ3) is 50.4. The highest BCUT2D eigenvalue weighted by atomic mass is 16.6. The van der Waals surface area contributed by atoms with Crippen molar-refractivity contribution in [1.82, 2.24) is 0 Å². The number of esters is 3. The van der Waals surface area contributed by atoms with Crippen LogP contribution in [0, 0.1) is 0 Å². The molecule has 0 aromatic carbocycles. The third-order valence-electron chi connectivity index (χ3n) is 12.1. The van der Waals surface area contributed by atoms with Crippen molar-refractivity contribution >= 4 is 17.9 Å². The molecule has 372 valence electrons. The molecule has 0 aromatic rings. The van der Waals surface area contributed by atoms with Gasteiger partial charge in [0.05, 0.1) is 0 Å². The van der Waals surface area contributed by atoms with Gasteiger partial charge in [-0.05, 0) is 70.6 Å². The highest BCUT2D eigenvalue weighted by molar-refractivity contribution is 5.71. The van der Waals surface area contributed by atoms with Crippen molar-refractivity contribution in [3.8, 4) is 0 Å². The van der Waals surface area contributed by atoms with Crippen LogP contribution >= 0.6 is 0 Å². The zero-order valence-electron chi connectivity index (χ0n) is 42.6. The highest BCUT2D eigenvalue weighted by Gasteiger charge is 2.19. The van der Waals surface area contributed by atoms with Crippen LogP contribution in [0.3, 0.4) is 0 Å². The van der Waals surface area contributed by atoms with Crippen molar-refractivity contribution in [2.75, 3.05) is 13.2 Å². The summed E-state index contributed by atoms with van der Waals surface area (Å²) in [5, 5.41) is 0. The Balaban J connectivity index is 4.45. The summed E-state index contributed by atoms with van der Waals surface area (Å²) in [6.07, 6.45) is 63.8. The van der Waals surface area contributed by atoms with Crippen LogP contribution in [0.1, 0.15) is 284 Å². The Morgan fingerprint density at radius 2 is 0.547 bits per heavy atom. The molecule has 0 aromatic heterocycles. The van der Waals surface area contributed by atoms with Crippen LogP contribution in [0.4, 0.5) is 0 Å². The molecule has 64 heavy (non-hydrogen) atoms. The van der Waals surface area contributed by atoms with Gasteiger partial charge in [0.2, 0.25) is 0 Å². The average molecular weight is 897 g/mol. The van der Waals surface area contributed by atoms with Crippen LogP contribution in [0.2, 0.25) is 0 Å². The molecule has 0 radical (unpaired) electrons. The van der Waals surface area contributed by atoms with E-state index < -0.39 is 6.10 Å². The molecule has 0 aliphatic carbocycles. The van der Waals surface area contributed by atoms with E-state index in [-0.39, 0.29) is 31.1 Å². The van der Waals surface area contributed by atoms with Crippen molar-refractivity contribution in [2.24, 2.45) is 0 Å². The molecular weight excluding hydrogens is 793 g/mol. The molecule has 0 aliphatic heterocycles. The second-order valence-electron chi connectivity index (χ2n) is 18.6. The topological polar surface area (TPSA) is 78.9 Å². The first-order valence-corrected chi connectivity index (χ1v) is 27.7. The summed E-state index contributed by atoms with van der Waals surface area (Å²) in [7, 11) is 0. The maximum absolute atomic E-state index is 12.8. The molecular formula is C58H104O6. The van der Waals surface area contributed by atoms with Gasteiger partial charge in [-0.15, -0.1) is 0 Å². The molecule has 1 unspecified atom stereocenters. The summed E-state index contributed by atoms with van der Waals surface area (Å²) in [5.41, 5.74) is 0. The molecule has 0 N–H and O–H groups in total. The predicted molar refractivity (Wildman–Crippen MR) is 275 cm³/mol. The number of allylic oxidation sites excluding steroid dienone is 8. The fourth-order valence-corrected chi connectivity index (χ4v) is 7.90. The lowest BCUT2D eigenvalue weighted by Crippen LogP contribution is -2.30. The van der Waals surface area contributed by atoms with E-state index >= 15 is 0 Å². The lowest BCUT2D eigenvalue weighted by molar-refractivity contribution is -0.167. The van der Waals surface area contributed by atoms with Crippen LogP contribution in [-0.2, 0) is 28.6 Å². The van der Waals surface area contributed by atoms with Gasteiger partial charge in [-0.25, -0.2) is 0 Å². The van der Waals surface area contributed by atoms with E-state index in [1.165, 1.54) is 161 Å². The van der Waals surface area contributed by atoms with Gasteiger partial charge < -0.3 is 14.2 Å². The summed E-state index contributed by atoms with van der Waals surface area (Å²) < 4.78 is 16.8. The predicted octanol–water partition coefficient (Wildman–Crippen LogP) is 18.3. The zero-order chi connectivity index (χ0) is 46.5. The molecule has 6 heteroatoms. The number of carbonyl (C=O) groups is 3. The summed E-state index contributed by atoms with van der Waals surface area (Å²) in [6.45, 7) is 6.61. The number of carbonyl (C=O) groups excluding carboxylic acids is 3. The number of rotatable bonds is 50. The second kappa shape index (κ2) is 53.0. The van der Waals surface area contributed by atoms with Crippen LogP contribution in [0.15, 0.2) is 48.6 Å². The van der Waals surface area contributed by atoms with Crippen molar-refractivity contribution < 1.29 is 28.6 Å². The van der Waals surface area contributed by atoms with Crippen molar-refractivity contribution in [1.29, 1.82) is 0 Å². The number of unbranched alkanes of at least 4 members (excludes halogenated alkanes) is 33. The molecule has 0 aliphatic rings. The fraction of sp³-hybridized carbons (Fsp3) is 0.810. The first kappa shape index (κ1) is 61.4. The Bertz CT molecular complexity index is 1120. The standard InChI is InChI=1S/C58H104O6/c1-4-7-10-13-16-19-22-25-28-30-33-36-39-42-45-48-51-57(60)63-54-55(53-62-56(59)50-47-44-41-38-35-32-27-24-21-18-15-12-9-6-3)64-58(61)52-49-46-43-40-37-34-31-29-26-23-20-17-14-11-8-5-2/h28-31,33-34,36-37,55H,4-27,32,35,38-54H2,1-3H3/b30-28-,31-29-,36-33-,37-34-. The Morgan fingerprint density at radius 1 is 0.312 bits per heavy atom. The minimum Gasteiger partial charge on any atom is -0.462 e. The zero-order valence-corrected chi connectivity index (χ0v) is 42.6. The first-order chi connectivity index (χ1) is 31.5. The molecule has 0 fully saturated rings. The van der Waals surface area contributed by atoms with Gasteiger partial charge >= 0.3 is 17.9 Å². The molecule has 0 heterocycles. The minimum absolute atomic E-state index is 0.0897. The smallest absolute Gasteiger partial charge is 0.306 e. The lowest BCUT2D eigenvalue weighted by Gasteiger charge is -2.18. The Morgan fingerprint density at radius 3 is 0.844 bits per heavy atom. The Labute approximate surface area is 397 Å². The SMILES string of the molecule is CCCCCCCCC/C=C\C=C/CCCCCC(=O)OCC(COC(=O)CCCCCCCCCCCCCCCC)OC(=O)CCCCC/C=C\C=C/CCCCCCCCC. The first-order valence-electron chi connectivity index (χ1n) is 27.7. The molecule has 0 saturated heterocycles. The van der Waals surface area contributed by atoms with Gasteiger partial charge in [0, 0.05) is 19.3 Å². The summed E-state index contributed by atoms with van der Waals surface area (Å²) in [4.78, 5) is 38.0. The second-order valence-corrected chi connectivity index (χ2v) is 18.6. The monoisotopic (exact) mass is 897 g/mol. The molecule has 1 atom stereocenters. The van der Waals surface area contributed by atoms with Crippen LogP contribution < -0.4 is 0 Å². The largest absolute Gasteiger partial charge is 0.462 e. The average Bonchev–Trinajstić information content (AvgIpc) is 3.29. The van der Waals surface area contributed by atoms with E-state index in [0.717, 1.165) is 83.5 Å². The molecule has 6 nitrogen and oxygen atoms in total. The van der Waals surface area contributed by atoms with Crippen LogP contribution in [-0.4, -0.2) is 37.2 Å². The lowest BCUT2D eigenvalue weighted by atomic mass is 10.0. The van der Waals surface area contributed by atoms with E-state index in [1.54, 1.807) is 0 Å². The Hall–Kier alpha value is -2.63. The quantitative estimate of drug-likeness (QED) is 0.0262. The van der Waals surface area contributed by atoms with E-state index in [0.29, 0.717) is 19.3 Å². The van der Waals surface area contributed by atoms with E-state index in [4.69, 9.17) is 14.2 Å². The van der Waals surface area contributed by atoms with Crippen LogP contribution in [0.5, 0.6) is 0 Å². The van der Waals surface area contributed by atoms with Gasteiger partial charge in [-0.1, -0.05) is 243 Å². The molecule has 0 spiro atoms. The maximum Gasteiger partial charge on any atom is 0.306 e. The van der Waals surface area contributed by atoms with Crippen molar-refractivity contribution in [3.05, 3.63) is 48.6 Å². The van der Waals surface area contributed by atoms with Gasteiger partial charge in [0.1, 0.15) is 13.2 Å². The van der Waals surface area contributed by atoms with Gasteiger partial charge in [-0.2, -0.15) is 0 Å². The summed E-state index contributed by atoms with van der Waals surface area (Å²) in [6, 6.07) is 0. The van der Waals surface area contributed by atoms with E-state index in [1.807, 2.05) is 0 Å². The molecule has 0 bridgehead atoms. The molecule has 0 rings (SSSR count). The third-order valence-corrected chi connectivity index (χ3v) is 12.1. The van der Waals surface area contributed by atoms with Gasteiger partial charge in [0.25, 0.3) is 0 Å². The number of hydrogen-bond acceptors (Lipinski definition) is 6. The fourth-order valence-electron chi connectivity index (χ4n) is 7.90. The Kier molecular flexibility index (Phi) is 50.8. The number of ether oxygens (including phenoxy) is 3. The molecule has 0 saturated carbocycles. The maximum atomic E-state index is 12.8. The van der Waals surface area contributed by atoms with E-state index in [9.17, 15) is 14.4 Å². The van der Waals surface area contributed by atoms with E-state index in [2.05, 4.69) is 69.4 Å². The summed E-state index contributed by atoms with van der Waals surface area (Å²) in [5.74, 6) is -0.933. The normalized spacial score (nSPS) is 12.4. The minimum atomic E-state index is -0.795. The highest BCUT2D eigenvalue weighted by Crippen LogP contribution is 2.15. The van der Waals surface area contributed by atoms with Gasteiger partial charge in [0.15, 0.2) is 6.10 Å². The molecule has 0 amide bonds. The van der Waals surface area contributed by atoms with Crippen LogP contribution in [0.25, 0.3) is 0 Å². The van der Waals surface area contributed by atoms with Crippen molar-refractivity contribution in [3.63, 3.8) is 0 Å².